The number of pyridine rings is 1. The molecule has 5 nitrogen and oxygen atoms in total. The standard InChI is InChI=1S/C20H16N4OS/c1-15-6-8-16(9-7-15)12-22-24-18(19-5-3-11-25-19)14-26-20(24)23-17-4-2-10-21-13-17/h2-14H,1H3. The molecule has 0 N–H and O–H groups in total. The minimum Gasteiger partial charge on any atom is -0.463 e. The third-order valence-electron chi connectivity index (χ3n) is 3.73. The van der Waals surface area contributed by atoms with E-state index in [-0.39, 0.29) is 0 Å². The van der Waals surface area contributed by atoms with E-state index >= 15 is 0 Å². The molecular weight excluding hydrogens is 344 g/mol. The summed E-state index contributed by atoms with van der Waals surface area (Å²) in [4.78, 5) is 9.52. The van der Waals surface area contributed by atoms with Crippen LogP contribution in [0, 0.1) is 6.92 Å². The van der Waals surface area contributed by atoms with Gasteiger partial charge in [0, 0.05) is 11.6 Å². The molecule has 0 unspecified atom stereocenters. The van der Waals surface area contributed by atoms with Crippen molar-refractivity contribution in [3.8, 4) is 11.5 Å². The second-order valence-electron chi connectivity index (χ2n) is 5.67. The maximum absolute atomic E-state index is 5.55. The van der Waals surface area contributed by atoms with Crippen LogP contribution in [0.5, 0.6) is 0 Å². The van der Waals surface area contributed by atoms with Crippen LogP contribution in [0.15, 0.2) is 87.1 Å². The first-order valence-corrected chi connectivity index (χ1v) is 8.98. The molecule has 0 saturated carbocycles. The molecule has 0 bridgehead atoms. The number of aryl methyl sites for hydroxylation is 1. The Bertz CT molecular complexity index is 1080. The summed E-state index contributed by atoms with van der Waals surface area (Å²) in [5.74, 6) is 0.745. The molecule has 0 radical (unpaired) electrons. The molecule has 0 amide bonds. The highest BCUT2D eigenvalue weighted by Gasteiger charge is 2.09. The molecule has 4 rings (SSSR count). The number of hydrogen-bond acceptors (Lipinski definition) is 5. The third-order valence-corrected chi connectivity index (χ3v) is 4.55. The Hall–Kier alpha value is -3.25. The number of nitrogens with zero attached hydrogens (tertiary/aromatic N) is 4. The average Bonchev–Trinajstić information content (AvgIpc) is 3.32. The molecular formula is C20H16N4OS. The smallest absolute Gasteiger partial charge is 0.211 e. The highest BCUT2D eigenvalue weighted by atomic mass is 32.1. The van der Waals surface area contributed by atoms with Crippen molar-refractivity contribution in [2.75, 3.05) is 0 Å². The fourth-order valence-corrected chi connectivity index (χ4v) is 3.23. The van der Waals surface area contributed by atoms with Crippen LogP contribution in [0.3, 0.4) is 0 Å². The van der Waals surface area contributed by atoms with E-state index in [0.29, 0.717) is 0 Å². The van der Waals surface area contributed by atoms with E-state index in [0.717, 1.165) is 27.5 Å². The number of thiazole rings is 1. The third kappa shape index (κ3) is 3.55. The first-order valence-electron chi connectivity index (χ1n) is 8.10. The van der Waals surface area contributed by atoms with Gasteiger partial charge in [0.2, 0.25) is 4.80 Å². The van der Waals surface area contributed by atoms with E-state index in [4.69, 9.17) is 4.42 Å². The summed E-state index contributed by atoms with van der Waals surface area (Å²) in [6.07, 6.45) is 6.92. The van der Waals surface area contributed by atoms with Crippen LogP contribution in [0.1, 0.15) is 11.1 Å². The van der Waals surface area contributed by atoms with Crippen LogP contribution < -0.4 is 4.80 Å². The zero-order chi connectivity index (χ0) is 17.8. The van der Waals surface area contributed by atoms with Gasteiger partial charge in [0.05, 0.1) is 24.4 Å². The molecule has 4 aromatic rings. The minimum atomic E-state index is 0.743. The van der Waals surface area contributed by atoms with Crippen LogP contribution in [0.25, 0.3) is 11.5 Å². The highest BCUT2D eigenvalue weighted by Crippen LogP contribution is 2.21. The van der Waals surface area contributed by atoms with Crippen molar-refractivity contribution in [2.45, 2.75) is 6.92 Å². The van der Waals surface area contributed by atoms with Gasteiger partial charge in [-0.05, 0) is 36.8 Å². The fourth-order valence-electron chi connectivity index (χ4n) is 2.39. The first-order chi connectivity index (χ1) is 12.8. The van der Waals surface area contributed by atoms with E-state index in [9.17, 15) is 0 Å². The van der Waals surface area contributed by atoms with Gasteiger partial charge in [-0.1, -0.05) is 29.8 Å². The van der Waals surface area contributed by atoms with Gasteiger partial charge in [0.15, 0.2) is 5.76 Å². The van der Waals surface area contributed by atoms with E-state index < -0.39 is 0 Å². The summed E-state index contributed by atoms with van der Waals surface area (Å²) < 4.78 is 7.34. The second kappa shape index (κ2) is 7.33. The van der Waals surface area contributed by atoms with Gasteiger partial charge >= 0.3 is 0 Å². The summed E-state index contributed by atoms with van der Waals surface area (Å²) in [6.45, 7) is 2.06. The minimum absolute atomic E-state index is 0.743. The topological polar surface area (TPSA) is 55.7 Å². The van der Waals surface area contributed by atoms with Crippen molar-refractivity contribution in [1.29, 1.82) is 0 Å². The molecule has 0 aliphatic heterocycles. The molecule has 0 fully saturated rings. The Labute approximate surface area is 154 Å². The van der Waals surface area contributed by atoms with Gasteiger partial charge in [-0.15, -0.1) is 11.3 Å². The van der Waals surface area contributed by atoms with Crippen LogP contribution in [-0.2, 0) is 0 Å². The molecule has 3 heterocycles. The zero-order valence-corrected chi connectivity index (χ0v) is 14.9. The average molecular weight is 360 g/mol. The van der Waals surface area contributed by atoms with Gasteiger partial charge in [0.1, 0.15) is 5.69 Å². The lowest BCUT2D eigenvalue weighted by atomic mass is 10.2. The summed E-state index contributed by atoms with van der Waals surface area (Å²) in [7, 11) is 0. The monoisotopic (exact) mass is 360 g/mol. The van der Waals surface area contributed by atoms with Gasteiger partial charge < -0.3 is 4.42 Å². The maximum atomic E-state index is 5.55. The zero-order valence-electron chi connectivity index (χ0n) is 14.1. The van der Waals surface area contributed by atoms with E-state index in [2.05, 4.69) is 34.1 Å². The molecule has 0 spiro atoms. The Balaban J connectivity index is 1.81. The maximum Gasteiger partial charge on any atom is 0.211 e. The van der Waals surface area contributed by atoms with Crippen molar-refractivity contribution >= 4 is 23.2 Å². The van der Waals surface area contributed by atoms with Gasteiger partial charge in [-0.3, -0.25) is 4.98 Å². The predicted octanol–water partition coefficient (Wildman–Crippen LogP) is 4.63. The Morgan fingerprint density at radius 3 is 2.73 bits per heavy atom. The second-order valence-corrected chi connectivity index (χ2v) is 6.51. The van der Waals surface area contributed by atoms with Crippen molar-refractivity contribution < 1.29 is 4.42 Å². The van der Waals surface area contributed by atoms with E-state index in [1.54, 1.807) is 23.3 Å². The van der Waals surface area contributed by atoms with Crippen LogP contribution >= 0.6 is 11.3 Å². The molecule has 0 aliphatic rings. The molecule has 128 valence electrons. The van der Waals surface area contributed by atoms with Gasteiger partial charge in [-0.25, -0.2) is 9.67 Å². The van der Waals surface area contributed by atoms with Gasteiger partial charge in [-0.2, -0.15) is 5.10 Å². The van der Waals surface area contributed by atoms with Crippen molar-refractivity contribution in [2.24, 2.45) is 10.1 Å². The number of aromatic nitrogens is 2. The summed E-state index contributed by atoms with van der Waals surface area (Å²) >= 11 is 1.50. The summed E-state index contributed by atoms with van der Waals surface area (Å²) in [5.41, 5.74) is 3.87. The summed E-state index contributed by atoms with van der Waals surface area (Å²) in [5, 5.41) is 6.63. The normalized spacial score (nSPS) is 12.1. The number of hydrogen-bond donors (Lipinski definition) is 0. The van der Waals surface area contributed by atoms with Crippen LogP contribution in [0.2, 0.25) is 0 Å². The first kappa shape index (κ1) is 16.2. The summed E-state index contributed by atoms with van der Waals surface area (Å²) in [6, 6.07) is 15.7. The largest absolute Gasteiger partial charge is 0.463 e. The molecule has 0 atom stereocenters. The fraction of sp³-hybridized carbons (Fsp3) is 0.0500. The van der Waals surface area contributed by atoms with Crippen molar-refractivity contribution in [3.05, 3.63) is 88.5 Å². The molecule has 6 heteroatoms. The number of rotatable bonds is 4. The van der Waals surface area contributed by atoms with Crippen molar-refractivity contribution in [3.63, 3.8) is 0 Å². The van der Waals surface area contributed by atoms with Crippen LogP contribution in [-0.4, -0.2) is 15.9 Å². The predicted molar refractivity (Wildman–Crippen MR) is 104 cm³/mol. The Kier molecular flexibility index (Phi) is 4.57. The quantitative estimate of drug-likeness (QED) is 0.498. The Morgan fingerprint density at radius 2 is 2.00 bits per heavy atom. The number of benzene rings is 1. The van der Waals surface area contributed by atoms with Crippen LogP contribution in [0.4, 0.5) is 5.69 Å². The lowest BCUT2D eigenvalue weighted by Gasteiger charge is -2.01. The Morgan fingerprint density at radius 1 is 1.12 bits per heavy atom. The lowest BCUT2D eigenvalue weighted by Crippen LogP contribution is -2.11. The van der Waals surface area contributed by atoms with Crippen molar-refractivity contribution in [1.82, 2.24) is 9.66 Å². The van der Waals surface area contributed by atoms with E-state index in [1.165, 1.54) is 16.9 Å². The molecule has 3 aromatic heterocycles. The highest BCUT2D eigenvalue weighted by molar-refractivity contribution is 7.07. The lowest BCUT2D eigenvalue weighted by molar-refractivity contribution is 0.575. The molecule has 1 aromatic carbocycles. The molecule has 0 aliphatic carbocycles. The number of furan rings is 1. The molecule has 26 heavy (non-hydrogen) atoms. The van der Waals surface area contributed by atoms with E-state index in [1.807, 2.05) is 48.0 Å². The SMILES string of the molecule is Cc1ccc(C=Nn2c(-c3ccco3)csc2=Nc2cccnc2)cc1. The van der Waals surface area contributed by atoms with Gasteiger partial charge in [0.25, 0.3) is 0 Å². The molecule has 0 saturated heterocycles.